The minimum atomic E-state index is -0.832. The SMILES string of the molecule is Cc1ccccc1CNC(=O)CN1CCCCC1C(=O)O. The van der Waals surface area contributed by atoms with Gasteiger partial charge in [0.25, 0.3) is 0 Å². The molecule has 2 N–H and O–H groups in total. The van der Waals surface area contributed by atoms with Crippen LogP contribution in [0.5, 0.6) is 0 Å². The maximum atomic E-state index is 12.0. The van der Waals surface area contributed by atoms with Crippen LogP contribution in [0.1, 0.15) is 30.4 Å². The third-order valence-corrected chi connectivity index (χ3v) is 3.98. The highest BCUT2D eigenvalue weighted by molar-refractivity contribution is 5.80. The van der Waals surface area contributed by atoms with Gasteiger partial charge in [-0.05, 0) is 37.4 Å². The maximum Gasteiger partial charge on any atom is 0.320 e. The number of carbonyl (C=O) groups is 2. The zero-order chi connectivity index (χ0) is 15.2. The second-order valence-electron chi connectivity index (χ2n) is 5.52. The third kappa shape index (κ3) is 4.29. The van der Waals surface area contributed by atoms with E-state index in [1.54, 1.807) is 4.90 Å². The predicted octanol–water partition coefficient (Wildman–Crippen LogP) is 1.55. The van der Waals surface area contributed by atoms with Crippen molar-refractivity contribution in [3.05, 3.63) is 35.4 Å². The van der Waals surface area contributed by atoms with Crippen LogP contribution in [-0.4, -0.2) is 41.0 Å². The Labute approximate surface area is 125 Å². The second kappa shape index (κ2) is 7.22. The average molecular weight is 290 g/mol. The van der Waals surface area contributed by atoms with Gasteiger partial charge < -0.3 is 10.4 Å². The number of carbonyl (C=O) groups excluding carboxylic acids is 1. The summed E-state index contributed by atoms with van der Waals surface area (Å²) in [6.45, 7) is 3.32. The van der Waals surface area contributed by atoms with Gasteiger partial charge in [-0.2, -0.15) is 0 Å². The molecule has 0 spiro atoms. The van der Waals surface area contributed by atoms with Crippen molar-refractivity contribution in [3.63, 3.8) is 0 Å². The number of carboxylic acids is 1. The Morgan fingerprint density at radius 3 is 2.81 bits per heavy atom. The van der Waals surface area contributed by atoms with Crippen molar-refractivity contribution >= 4 is 11.9 Å². The quantitative estimate of drug-likeness (QED) is 0.863. The molecule has 1 amide bonds. The molecule has 1 fully saturated rings. The number of hydrogen-bond acceptors (Lipinski definition) is 3. The topological polar surface area (TPSA) is 69.6 Å². The number of likely N-dealkylation sites (tertiary alicyclic amines) is 1. The van der Waals surface area contributed by atoms with Crippen LogP contribution in [0.3, 0.4) is 0 Å². The number of amides is 1. The molecule has 5 nitrogen and oxygen atoms in total. The van der Waals surface area contributed by atoms with E-state index in [1.165, 1.54) is 0 Å². The summed E-state index contributed by atoms with van der Waals surface area (Å²) in [7, 11) is 0. The number of nitrogens with one attached hydrogen (secondary N) is 1. The molecule has 0 aromatic heterocycles. The minimum Gasteiger partial charge on any atom is -0.480 e. The Morgan fingerprint density at radius 2 is 2.10 bits per heavy atom. The van der Waals surface area contributed by atoms with Crippen LogP contribution in [-0.2, 0) is 16.1 Å². The summed E-state index contributed by atoms with van der Waals surface area (Å²) in [5, 5.41) is 12.1. The van der Waals surface area contributed by atoms with Gasteiger partial charge in [0.2, 0.25) is 5.91 Å². The van der Waals surface area contributed by atoms with E-state index in [4.69, 9.17) is 0 Å². The smallest absolute Gasteiger partial charge is 0.320 e. The van der Waals surface area contributed by atoms with Gasteiger partial charge in [0, 0.05) is 6.54 Å². The molecule has 1 aliphatic heterocycles. The van der Waals surface area contributed by atoms with Crippen LogP contribution in [0.4, 0.5) is 0 Å². The molecule has 21 heavy (non-hydrogen) atoms. The zero-order valence-electron chi connectivity index (χ0n) is 12.3. The largest absolute Gasteiger partial charge is 0.480 e. The fourth-order valence-electron chi connectivity index (χ4n) is 2.70. The summed E-state index contributed by atoms with van der Waals surface area (Å²) >= 11 is 0. The number of hydrogen-bond donors (Lipinski definition) is 2. The molecular formula is C16H22N2O3. The highest BCUT2D eigenvalue weighted by Crippen LogP contribution is 2.16. The Bertz CT molecular complexity index is 516. The molecule has 0 bridgehead atoms. The molecule has 1 unspecified atom stereocenters. The molecule has 0 radical (unpaired) electrons. The molecule has 114 valence electrons. The van der Waals surface area contributed by atoms with Gasteiger partial charge in [0.05, 0.1) is 6.54 Å². The normalized spacial score (nSPS) is 19.2. The molecule has 1 atom stereocenters. The lowest BCUT2D eigenvalue weighted by atomic mass is 10.0. The molecule has 0 saturated carbocycles. The van der Waals surface area contributed by atoms with Crippen molar-refractivity contribution in [1.82, 2.24) is 10.2 Å². The molecule has 1 aromatic rings. The number of aryl methyl sites for hydroxylation is 1. The van der Waals surface area contributed by atoms with E-state index < -0.39 is 12.0 Å². The van der Waals surface area contributed by atoms with Crippen molar-refractivity contribution in [2.45, 2.75) is 38.8 Å². The van der Waals surface area contributed by atoms with Crippen LogP contribution >= 0.6 is 0 Å². The van der Waals surface area contributed by atoms with Gasteiger partial charge >= 0.3 is 5.97 Å². The molecule has 1 saturated heterocycles. The van der Waals surface area contributed by atoms with Crippen molar-refractivity contribution in [2.75, 3.05) is 13.1 Å². The van der Waals surface area contributed by atoms with E-state index in [0.717, 1.165) is 24.0 Å². The van der Waals surface area contributed by atoms with E-state index in [0.29, 0.717) is 19.5 Å². The van der Waals surface area contributed by atoms with Gasteiger partial charge in [-0.3, -0.25) is 14.5 Å². The number of nitrogens with zero attached hydrogens (tertiary/aromatic N) is 1. The van der Waals surface area contributed by atoms with Crippen LogP contribution in [0.15, 0.2) is 24.3 Å². The third-order valence-electron chi connectivity index (χ3n) is 3.98. The van der Waals surface area contributed by atoms with Crippen molar-refractivity contribution < 1.29 is 14.7 Å². The highest BCUT2D eigenvalue weighted by atomic mass is 16.4. The summed E-state index contributed by atoms with van der Waals surface area (Å²) < 4.78 is 0. The lowest BCUT2D eigenvalue weighted by Gasteiger charge is -2.32. The van der Waals surface area contributed by atoms with Crippen LogP contribution in [0, 0.1) is 6.92 Å². The molecule has 1 aromatic carbocycles. The summed E-state index contributed by atoms with van der Waals surface area (Å²) in [4.78, 5) is 25.0. The van der Waals surface area contributed by atoms with E-state index in [-0.39, 0.29) is 12.5 Å². The monoisotopic (exact) mass is 290 g/mol. The Balaban J connectivity index is 1.86. The number of carboxylic acid groups (broad SMARTS) is 1. The summed E-state index contributed by atoms with van der Waals surface area (Å²) in [5.41, 5.74) is 2.22. The van der Waals surface area contributed by atoms with Gasteiger partial charge in [-0.1, -0.05) is 30.7 Å². The van der Waals surface area contributed by atoms with Crippen LogP contribution in [0.25, 0.3) is 0 Å². The molecule has 2 rings (SSSR count). The number of benzene rings is 1. The van der Waals surface area contributed by atoms with E-state index in [1.807, 2.05) is 31.2 Å². The van der Waals surface area contributed by atoms with Crippen molar-refractivity contribution in [2.24, 2.45) is 0 Å². The number of rotatable bonds is 5. The Kier molecular flexibility index (Phi) is 5.33. The zero-order valence-corrected chi connectivity index (χ0v) is 12.3. The van der Waals surface area contributed by atoms with Gasteiger partial charge in [0.15, 0.2) is 0 Å². The van der Waals surface area contributed by atoms with Crippen LogP contribution < -0.4 is 5.32 Å². The molecule has 1 aliphatic rings. The van der Waals surface area contributed by atoms with E-state index >= 15 is 0 Å². The second-order valence-corrected chi connectivity index (χ2v) is 5.52. The molecule has 0 aliphatic carbocycles. The Morgan fingerprint density at radius 1 is 1.33 bits per heavy atom. The van der Waals surface area contributed by atoms with Crippen LogP contribution in [0.2, 0.25) is 0 Å². The highest BCUT2D eigenvalue weighted by Gasteiger charge is 2.29. The van der Waals surface area contributed by atoms with E-state index in [2.05, 4.69) is 5.32 Å². The first-order valence-electron chi connectivity index (χ1n) is 7.36. The lowest BCUT2D eigenvalue weighted by molar-refractivity contribution is -0.145. The number of piperidine rings is 1. The Hall–Kier alpha value is -1.88. The van der Waals surface area contributed by atoms with E-state index in [9.17, 15) is 14.7 Å². The molecular weight excluding hydrogens is 268 g/mol. The summed E-state index contributed by atoms with van der Waals surface area (Å²) in [6, 6.07) is 7.37. The van der Waals surface area contributed by atoms with Gasteiger partial charge in [0.1, 0.15) is 6.04 Å². The fourth-order valence-corrected chi connectivity index (χ4v) is 2.70. The van der Waals surface area contributed by atoms with Crippen molar-refractivity contribution in [3.8, 4) is 0 Å². The van der Waals surface area contributed by atoms with Crippen molar-refractivity contribution in [1.29, 1.82) is 0 Å². The maximum absolute atomic E-state index is 12.0. The predicted molar refractivity (Wildman–Crippen MR) is 79.9 cm³/mol. The summed E-state index contributed by atoms with van der Waals surface area (Å²) in [5.74, 6) is -0.951. The first kappa shape index (κ1) is 15.5. The molecule has 1 heterocycles. The fraction of sp³-hybridized carbons (Fsp3) is 0.500. The average Bonchev–Trinajstić information content (AvgIpc) is 2.47. The first-order valence-corrected chi connectivity index (χ1v) is 7.36. The lowest BCUT2D eigenvalue weighted by Crippen LogP contribution is -2.48. The minimum absolute atomic E-state index is 0.119. The summed E-state index contributed by atoms with van der Waals surface area (Å²) in [6.07, 6.45) is 2.49. The standard InChI is InChI=1S/C16H22N2O3/c1-12-6-2-3-7-13(12)10-17-15(19)11-18-9-5-4-8-14(18)16(20)21/h2-3,6-7,14H,4-5,8-11H2,1H3,(H,17,19)(H,20,21). The van der Waals surface area contributed by atoms with Gasteiger partial charge in [-0.15, -0.1) is 0 Å². The van der Waals surface area contributed by atoms with Gasteiger partial charge in [-0.25, -0.2) is 0 Å². The molecule has 5 heteroatoms. The first-order chi connectivity index (χ1) is 10.1. The number of aliphatic carboxylic acids is 1.